The normalized spacial score (nSPS) is 12.3. The van der Waals surface area contributed by atoms with E-state index in [1.54, 1.807) is 20.8 Å². The Labute approximate surface area is 152 Å². The van der Waals surface area contributed by atoms with Gasteiger partial charge in [-0.25, -0.2) is 8.78 Å². The zero-order valence-corrected chi connectivity index (χ0v) is 15.1. The van der Waals surface area contributed by atoms with Gasteiger partial charge in [0.1, 0.15) is 18.2 Å². The monoisotopic (exact) mass is 393 g/mol. The van der Waals surface area contributed by atoms with Gasteiger partial charge in [-0.3, -0.25) is 14.4 Å². The summed E-state index contributed by atoms with van der Waals surface area (Å²) in [4.78, 5) is 35.2. The maximum absolute atomic E-state index is 13.5. The van der Waals surface area contributed by atoms with Crippen molar-refractivity contribution >= 4 is 17.7 Å². The third kappa shape index (κ3) is 6.87. The van der Waals surface area contributed by atoms with Crippen LogP contribution in [0.1, 0.15) is 34.1 Å². The van der Waals surface area contributed by atoms with Crippen LogP contribution < -0.4 is 10.1 Å². The lowest BCUT2D eigenvalue weighted by Crippen LogP contribution is -2.44. The maximum atomic E-state index is 13.5. The number of ketones is 1. The minimum atomic E-state index is -1.81. The topological polar surface area (TPSA) is 81.7 Å². The summed E-state index contributed by atoms with van der Waals surface area (Å²) >= 11 is 0. The minimum absolute atomic E-state index is 0.0119. The van der Waals surface area contributed by atoms with E-state index in [1.807, 2.05) is 0 Å². The van der Waals surface area contributed by atoms with Crippen LogP contribution in [0.15, 0.2) is 6.07 Å². The van der Waals surface area contributed by atoms with E-state index in [0.29, 0.717) is 0 Å². The molecule has 27 heavy (non-hydrogen) atoms. The Bertz CT molecular complexity index is 720. The summed E-state index contributed by atoms with van der Waals surface area (Å²) in [5.41, 5.74) is -0.844. The molecule has 1 aromatic rings. The number of esters is 1. The smallest absolute Gasteiger partial charge is 0.308 e. The summed E-state index contributed by atoms with van der Waals surface area (Å²) in [5.74, 6) is -10.9. The molecule has 0 heterocycles. The molecule has 0 saturated carbocycles. The third-order valence-electron chi connectivity index (χ3n) is 2.99. The first-order valence-corrected chi connectivity index (χ1v) is 7.79. The van der Waals surface area contributed by atoms with E-state index in [2.05, 4.69) is 10.1 Å². The first-order chi connectivity index (χ1) is 12.3. The average molecular weight is 393 g/mol. The lowest BCUT2D eigenvalue weighted by Gasteiger charge is -2.22. The highest BCUT2D eigenvalue weighted by Gasteiger charge is 2.28. The molecule has 10 heteroatoms. The zero-order valence-electron chi connectivity index (χ0n) is 15.1. The number of Topliss-reactive ketones (excluding diaryl/α,β-unsaturated/α-hetero) is 1. The van der Waals surface area contributed by atoms with Crippen molar-refractivity contribution in [3.05, 3.63) is 29.3 Å². The molecule has 150 valence electrons. The Morgan fingerprint density at radius 1 is 1.07 bits per heavy atom. The van der Waals surface area contributed by atoms with Crippen molar-refractivity contribution in [2.45, 2.75) is 45.8 Å². The van der Waals surface area contributed by atoms with Crippen LogP contribution in [0.25, 0.3) is 0 Å². The van der Waals surface area contributed by atoms with Crippen LogP contribution in [-0.4, -0.2) is 35.9 Å². The largest absolute Gasteiger partial charge is 0.479 e. The van der Waals surface area contributed by atoms with Crippen LogP contribution in [0.3, 0.4) is 0 Å². The highest BCUT2D eigenvalue weighted by Crippen LogP contribution is 2.26. The molecule has 0 radical (unpaired) electrons. The van der Waals surface area contributed by atoms with Gasteiger partial charge in [0.2, 0.25) is 17.5 Å². The van der Waals surface area contributed by atoms with Gasteiger partial charge in [0.15, 0.2) is 23.2 Å². The molecule has 1 unspecified atom stereocenters. The van der Waals surface area contributed by atoms with E-state index in [1.165, 1.54) is 0 Å². The van der Waals surface area contributed by atoms with Crippen LogP contribution in [0.2, 0.25) is 0 Å². The fourth-order valence-corrected chi connectivity index (χ4v) is 1.96. The second kappa shape index (κ2) is 8.83. The number of hydrogen-bond acceptors (Lipinski definition) is 5. The van der Waals surface area contributed by atoms with Crippen LogP contribution in [0, 0.1) is 23.3 Å². The molecule has 1 aromatic carbocycles. The summed E-state index contributed by atoms with van der Waals surface area (Å²) in [5, 5.41) is 2.18. The lowest BCUT2D eigenvalue weighted by molar-refractivity contribution is -0.156. The quantitative estimate of drug-likeness (QED) is 0.437. The fourth-order valence-electron chi connectivity index (χ4n) is 1.96. The number of amides is 1. The highest BCUT2D eigenvalue weighted by atomic mass is 19.2. The molecule has 0 aromatic heterocycles. The number of nitrogens with one attached hydrogen (secondary N) is 1. The van der Waals surface area contributed by atoms with Crippen molar-refractivity contribution in [1.82, 2.24) is 5.32 Å². The zero-order chi connectivity index (χ0) is 20.9. The van der Waals surface area contributed by atoms with Gasteiger partial charge in [-0.2, -0.15) is 8.78 Å². The van der Waals surface area contributed by atoms with Gasteiger partial charge in [-0.05, 0) is 20.8 Å². The molecule has 1 rings (SSSR count). The number of benzene rings is 1. The summed E-state index contributed by atoms with van der Waals surface area (Å²) in [6.07, 6.45) is -0.568. The second-order valence-electron chi connectivity index (χ2n) is 6.60. The number of carbonyl (C=O) groups excluding carboxylic acids is 3. The Hall–Kier alpha value is -2.65. The van der Waals surface area contributed by atoms with Crippen molar-refractivity contribution in [1.29, 1.82) is 0 Å². The van der Waals surface area contributed by atoms with Crippen molar-refractivity contribution in [3.63, 3.8) is 0 Å². The first-order valence-electron chi connectivity index (χ1n) is 7.79. The molecule has 0 bridgehead atoms. The standard InChI is InChI=1S/C17H19F4NO5/c1-8(23)22-11(6-13(25)27-17(2,3)4)12(24)7-26-16-14(20)9(18)5-10(19)15(16)21/h5,11H,6-7H2,1-4H3,(H,22,23). The maximum Gasteiger partial charge on any atom is 0.308 e. The van der Waals surface area contributed by atoms with Gasteiger partial charge < -0.3 is 14.8 Å². The number of rotatable bonds is 7. The SMILES string of the molecule is CC(=O)NC(CC(=O)OC(C)(C)C)C(=O)COc1c(F)c(F)cc(F)c1F. The van der Waals surface area contributed by atoms with Crippen molar-refractivity contribution in [3.8, 4) is 5.75 Å². The second-order valence-corrected chi connectivity index (χ2v) is 6.60. The molecule has 0 fully saturated rings. The Morgan fingerprint density at radius 2 is 1.59 bits per heavy atom. The Balaban J connectivity index is 2.89. The minimum Gasteiger partial charge on any atom is -0.479 e. The van der Waals surface area contributed by atoms with E-state index in [9.17, 15) is 31.9 Å². The average Bonchev–Trinajstić information content (AvgIpc) is 2.49. The van der Waals surface area contributed by atoms with Gasteiger partial charge in [0.25, 0.3) is 0 Å². The van der Waals surface area contributed by atoms with Crippen molar-refractivity contribution < 1.29 is 41.4 Å². The summed E-state index contributed by atoms with van der Waals surface area (Å²) in [7, 11) is 0. The first kappa shape index (κ1) is 22.4. The highest BCUT2D eigenvalue weighted by molar-refractivity contribution is 5.92. The third-order valence-corrected chi connectivity index (χ3v) is 2.99. The molecular formula is C17H19F4NO5. The van der Waals surface area contributed by atoms with E-state index in [-0.39, 0.29) is 6.07 Å². The van der Waals surface area contributed by atoms with Gasteiger partial charge in [0.05, 0.1) is 6.42 Å². The van der Waals surface area contributed by atoms with Gasteiger partial charge in [-0.15, -0.1) is 0 Å². The summed E-state index contributed by atoms with van der Waals surface area (Å²) in [6, 6.07) is -1.43. The molecule has 1 amide bonds. The van der Waals surface area contributed by atoms with Gasteiger partial charge >= 0.3 is 5.97 Å². The molecule has 0 saturated heterocycles. The molecule has 6 nitrogen and oxygen atoms in total. The molecule has 0 aliphatic heterocycles. The molecular weight excluding hydrogens is 374 g/mol. The molecule has 0 aliphatic carbocycles. The lowest BCUT2D eigenvalue weighted by atomic mass is 10.1. The Kier molecular flexibility index (Phi) is 7.32. The molecule has 1 atom stereocenters. The van der Waals surface area contributed by atoms with E-state index < -0.39 is 71.3 Å². The fraction of sp³-hybridized carbons (Fsp3) is 0.471. The summed E-state index contributed by atoms with van der Waals surface area (Å²) < 4.78 is 62.9. The van der Waals surface area contributed by atoms with Crippen molar-refractivity contribution in [2.24, 2.45) is 0 Å². The summed E-state index contributed by atoms with van der Waals surface area (Å²) in [6.45, 7) is 4.80. The van der Waals surface area contributed by atoms with Crippen LogP contribution in [0.5, 0.6) is 5.75 Å². The van der Waals surface area contributed by atoms with Crippen LogP contribution in [-0.2, 0) is 19.1 Å². The molecule has 0 aliphatic rings. The van der Waals surface area contributed by atoms with Gasteiger partial charge in [-0.1, -0.05) is 0 Å². The van der Waals surface area contributed by atoms with E-state index in [4.69, 9.17) is 4.74 Å². The Morgan fingerprint density at radius 3 is 2.04 bits per heavy atom. The van der Waals surface area contributed by atoms with E-state index in [0.717, 1.165) is 6.92 Å². The number of hydrogen-bond donors (Lipinski definition) is 1. The van der Waals surface area contributed by atoms with E-state index >= 15 is 0 Å². The van der Waals surface area contributed by atoms with Crippen molar-refractivity contribution in [2.75, 3.05) is 6.61 Å². The van der Waals surface area contributed by atoms with Crippen LogP contribution in [0.4, 0.5) is 17.6 Å². The van der Waals surface area contributed by atoms with Crippen LogP contribution >= 0.6 is 0 Å². The predicted molar refractivity (Wildman–Crippen MR) is 84.8 cm³/mol. The van der Waals surface area contributed by atoms with Gasteiger partial charge in [0, 0.05) is 13.0 Å². The molecule has 0 spiro atoms. The predicted octanol–water partition coefficient (Wildman–Crippen LogP) is 2.43. The molecule has 1 N–H and O–H groups in total. The number of halogens is 4. The number of carbonyl (C=O) groups is 3. The number of ether oxygens (including phenoxy) is 2.